The highest BCUT2D eigenvalue weighted by Crippen LogP contribution is 2.16. The van der Waals surface area contributed by atoms with Crippen LogP contribution < -0.4 is 10.9 Å². The smallest absolute Gasteiger partial charge is 0.272 e. The summed E-state index contributed by atoms with van der Waals surface area (Å²) < 4.78 is 0. The van der Waals surface area contributed by atoms with Gasteiger partial charge in [0.1, 0.15) is 5.69 Å². The maximum absolute atomic E-state index is 12.1. The summed E-state index contributed by atoms with van der Waals surface area (Å²) in [4.78, 5) is 24.1. The molecule has 0 aliphatic heterocycles. The number of carbonyl (C=O) groups is 2. The van der Waals surface area contributed by atoms with Crippen LogP contribution in [0.2, 0.25) is 0 Å². The van der Waals surface area contributed by atoms with Crippen molar-refractivity contribution in [3.8, 4) is 11.3 Å². The average Bonchev–Trinajstić information content (AvgIpc) is 3.10. The van der Waals surface area contributed by atoms with E-state index < -0.39 is 5.91 Å². The van der Waals surface area contributed by atoms with E-state index in [1.807, 2.05) is 43.3 Å². The molecule has 1 aromatic heterocycles. The molecule has 24 heavy (non-hydrogen) atoms. The fourth-order valence-corrected chi connectivity index (χ4v) is 2.23. The molecule has 1 heterocycles. The predicted molar refractivity (Wildman–Crippen MR) is 90.1 cm³/mol. The van der Waals surface area contributed by atoms with Crippen molar-refractivity contribution in [2.24, 2.45) is 0 Å². The quantitative estimate of drug-likeness (QED) is 0.648. The number of amides is 2. The maximum atomic E-state index is 12.1. The molecule has 0 bridgehead atoms. The third-order valence-corrected chi connectivity index (χ3v) is 3.46. The fourth-order valence-electron chi connectivity index (χ4n) is 2.23. The average molecular weight is 320 g/mol. The van der Waals surface area contributed by atoms with Gasteiger partial charge < -0.3 is 0 Å². The van der Waals surface area contributed by atoms with Crippen LogP contribution >= 0.6 is 0 Å². The Hall–Kier alpha value is -3.41. The van der Waals surface area contributed by atoms with E-state index >= 15 is 0 Å². The molecule has 0 aliphatic carbocycles. The summed E-state index contributed by atoms with van der Waals surface area (Å²) in [5, 5.41) is 6.77. The Bertz CT molecular complexity index is 871. The minimum absolute atomic E-state index is 0.262. The zero-order chi connectivity index (χ0) is 16.9. The number of aromatic nitrogens is 2. The third kappa shape index (κ3) is 3.49. The summed E-state index contributed by atoms with van der Waals surface area (Å²) >= 11 is 0. The lowest BCUT2D eigenvalue weighted by Gasteiger charge is -2.06. The van der Waals surface area contributed by atoms with Gasteiger partial charge in [0, 0.05) is 11.1 Å². The van der Waals surface area contributed by atoms with Crippen molar-refractivity contribution >= 4 is 11.8 Å². The molecule has 6 heteroatoms. The van der Waals surface area contributed by atoms with E-state index in [1.54, 1.807) is 24.3 Å². The van der Waals surface area contributed by atoms with Crippen molar-refractivity contribution in [2.75, 3.05) is 0 Å². The molecule has 0 saturated heterocycles. The van der Waals surface area contributed by atoms with Gasteiger partial charge in [0.2, 0.25) is 0 Å². The Morgan fingerprint density at radius 2 is 1.67 bits per heavy atom. The van der Waals surface area contributed by atoms with Gasteiger partial charge in [0.05, 0.1) is 5.69 Å². The lowest BCUT2D eigenvalue weighted by molar-refractivity contribution is 0.0844. The minimum atomic E-state index is -0.467. The van der Waals surface area contributed by atoms with Gasteiger partial charge in [-0.1, -0.05) is 48.0 Å². The van der Waals surface area contributed by atoms with Gasteiger partial charge in [-0.3, -0.25) is 25.5 Å². The molecular formula is C18H16N4O2. The fraction of sp³-hybridized carbons (Fsp3) is 0.0556. The van der Waals surface area contributed by atoms with Crippen LogP contribution in [0.3, 0.4) is 0 Å². The molecule has 0 aliphatic rings. The Balaban J connectivity index is 1.63. The number of nitrogens with one attached hydrogen (secondary N) is 3. The molecule has 0 saturated carbocycles. The van der Waals surface area contributed by atoms with Crippen molar-refractivity contribution < 1.29 is 9.59 Å². The first-order chi connectivity index (χ1) is 11.6. The second kappa shape index (κ2) is 6.78. The van der Waals surface area contributed by atoms with Crippen LogP contribution in [0, 0.1) is 6.92 Å². The van der Waals surface area contributed by atoms with Gasteiger partial charge in [-0.25, -0.2) is 0 Å². The molecular weight excluding hydrogens is 304 g/mol. The van der Waals surface area contributed by atoms with E-state index in [4.69, 9.17) is 0 Å². The summed E-state index contributed by atoms with van der Waals surface area (Å²) in [6, 6.07) is 18.2. The van der Waals surface area contributed by atoms with Crippen LogP contribution in [0.4, 0.5) is 0 Å². The maximum Gasteiger partial charge on any atom is 0.287 e. The molecule has 3 N–H and O–H groups in total. The number of nitrogens with zero attached hydrogens (tertiary/aromatic N) is 1. The summed E-state index contributed by atoms with van der Waals surface area (Å²) in [5.41, 5.74) is 8.02. The van der Waals surface area contributed by atoms with Gasteiger partial charge in [-0.05, 0) is 25.1 Å². The molecule has 0 unspecified atom stereocenters. The van der Waals surface area contributed by atoms with E-state index in [2.05, 4.69) is 21.0 Å². The highest BCUT2D eigenvalue weighted by atomic mass is 16.2. The molecule has 6 nitrogen and oxygen atoms in total. The lowest BCUT2D eigenvalue weighted by Crippen LogP contribution is -2.41. The van der Waals surface area contributed by atoms with Crippen molar-refractivity contribution in [3.05, 3.63) is 77.5 Å². The van der Waals surface area contributed by atoms with Gasteiger partial charge in [-0.2, -0.15) is 5.10 Å². The van der Waals surface area contributed by atoms with E-state index in [1.165, 1.54) is 0 Å². The number of hydrazine groups is 1. The summed E-state index contributed by atoms with van der Waals surface area (Å²) in [6.07, 6.45) is 0. The number of H-pyrrole nitrogens is 1. The third-order valence-electron chi connectivity index (χ3n) is 3.46. The van der Waals surface area contributed by atoms with Crippen LogP contribution in [0.15, 0.2) is 60.7 Å². The Kier molecular flexibility index (Phi) is 4.38. The number of carbonyl (C=O) groups excluding carboxylic acids is 2. The number of aryl methyl sites for hydroxylation is 1. The highest BCUT2D eigenvalue weighted by molar-refractivity contribution is 5.98. The molecule has 2 aromatic carbocycles. The Morgan fingerprint density at radius 1 is 0.917 bits per heavy atom. The molecule has 3 aromatic rings. The molecule has 3 rings (SSSR count). The molecule has 0 atom stereocenters. The zero-order valence-electron chi connectivity index (χ0n) is 13.0. The zero-order valence-corrected chi connectivity index (χ0v) is 13.0. The van der Waals surface area contributed by atoms with Crippen molar-refractivity contribution in [3.63, 3.8) is 0 Å². The largest absolute Gasteiger partial charge is 0.287 e. The Labute approximate surface area is 138 Å². The van der Waals surface area contributed by atoms with Crippen LogP contribution in [-0.4, -0.2) is 22.0 Å². The van der Waals surface area contributed by atoms with E-state index in [9.17, 15) is 9.59 Å². The van der Waals surface area contributed by atoms with Crippen molar-refractivity contribution in [1.82, 2.24) is 21.0 Å². The number of rotatable bonds is 3. The molecule has 120 valence electrons. The molecule has 0 spiro atoms. The first kappa shape index (κ1) is 15.5. The second-order valence-corrected chi connectivity index (χ2v) is 5.31. The van der Waals surface area contributed by atoms with Gasteiger partial charge in [0.15, 0.2) is 0 Å². The highest BCUT2D eigenvalue weighted by Gasteiger charge is 2.12. The SMILES string of the molecule is Cc1cccc(C(=O)NNC(=O)c2cc(-c3ccccc3)n[nH]2)c1. The van der Waals surface area contributed by atoms with E-state index in [0.717, 1.165) is 11.1 Å². The lowest BCUT2D eigenvalue weighted by atomic mass is 10.1. The van der Waals surface area contributed by atoms with Crippen LogP contribution in [0.25, 0.3) is 11.3 Å². The number of benzene rings is 2. The van der Waals surface area contributed by atoms with Gasteiger partial charge >= 0.3 is 0 Å². The second-order valence-electron chi connectivity index (χ2n) is 5.31. The minimum Gasteiger partial charge on any atom is -0.272 e. The number of hydrogen-bond acceptors (Lipinski definition) is 3. The summed E-state index contributed by atoms with van der Waals surface area (Å²) in [5.74, 6) is -0.847. The first-order valence-corrected chi connectivity index (χ1v) is 7.41. The normalized spacial score (nSPS) is 10.2. The van der Waals surface area contributed by atoms with Crippen LogP contribution in [0.1, 0.15) is 26.4 Å². The van der Waals surface area contributed by atoms with Crippen molar-refractivity contribution in [1.29, 1.82) is 0 Å². The standard InChI is InChI=1S/C18H16N4O2/c1-12-6-5-9-14(10-12)17(23)21-22-18(24)16-11-15(19-20-16)13-7-3-2-4-8-13/h2-11H,1H3,(H,19,20)(H,21,23)(H,22,24). The first-order valence-electron chi connectivity index (χ1n) is 7.41. The topological polar surface area (TPSA) is 86.9 Å². The Morgan fingerprint density at radius 3 is 2.42 bits per heavy atom. The number of aromatic amines is 1. The van der Waals surface area contributed by atoms with Crippen molar-refractivity contribution in [2.45, 2.75) is 6.92 Å². The predicted octanol–water partition coefficient (Wildman–Crippen LogP) is 2.46. The van der Waals surface area contributed by atoms with E-state index in [-0.39, 0.29) is 11.6 Å². The molecule has 0 radical (unpaired) electrons. The van der Waals surface area contributed by atoms with Crippen LogP contribution in [-0.2, 0) is 0 Å². The van der Waals surface area contributed by atoms with Crippen LogP contribution in [0.5, 0.6) is 0 Å². The molecule has 0 fully saturated rings. The monoisotopic (exact) mass is 320 g/mol. The number of hydrogen-bond donors (Lipinski definition) is 3. The summed E-state index contributed by atoms with van der Waals surface area (Å²) in [7, 11) is 0. The molecule has 2 amide bonds. The van der Waals surface area contributed by atoms with Gasteiger partial charge in [-0.15, -0.1) is 0 Å². The summed E-state index contributed by atoms with van der Waals surface area (Å²) in [6.45, 7) is 1.89. The van der Waals surface area contributed by atoms with Gasteiger partial charge in [0.25, 0.3) is 11.8 Å². The van der Waals surface area contributed by atoms with E-state index in [0.29, 0.717) is 11.3 Å².